The molecule has 2 fully saturated rings. The minimum atomic E-state index is -0.680. The molecule has 102 valence electrons. The van der Waals surface area contributed by atoms with Crippen molar-refractivity contribution in [3.05, 3.63) is 0 Å². The van der Waals surface area contributed by atoms with Gasteiger partial charge in [0.25, 0.3) is 0 Å². The molecule has 18 heavy (non-hydrogen) atoms. The lowest BCUT2D eigenvalue weighted by Crippen LogP contribution is -2.56. The molecule has 2 aliphatic rings. The molecule has 0 aromatic rings. The highest BCUT2D eigenvalue weighted by Crippen LogP contribution is 2.41. The number of methoxy groups -OCH3 is 1. The molecule has 1 saturated carbocycles. The van der Waals surface area contributed by atoms with Gasteiger partial charge in [-0.3, -0.25) is 9.59 Å². The van der Waals surface area contributed by atoms with Gasteiger partial charge in [0.1, 0.15) is 5.54 Å². The van der Waals surface area contributed by atoms with E-state index >= 15 is 0 Å². The lowest BCUT2D eigenvalue weighted by Gasteiger charge is -2.32. The largest absolute Gasteiger partial charge is 0.385 e. The number of nitrogens with one attached hydrogen (secondary N) is 1. The Balaban J connectivity index is 2.06. The van der Waals surface area contributed by atoms with E-state index in [1.165, 1.54) is 0 Å². The van der Waals surface area contributed by atoms with Crippen LogP contribution in [0.15, 0.2) is 0 Å². The quantitative estimate of drug-likeness (QED) is 0.729. The molecule has 1 aliphatic carbocycles. The van der Waals surface area contributed by atoms with Crippen LogP contribution >= 0.6 is 0 Å². The van der Waals surface area contributed by atoms with Crippen LogP contribution < -0.4 is 5.32 Å². The van der Waals surface area contributed by atoms with Gasteiger partial charge in [-0.25, -0.2) is 0 Å². The number of rotatable bonds is 5. The van der Waals surface area contributed by atoms with Crippen molar-refractivity contribution in [3.63, 3.8) is 0 Å². The van der Waals surface area contributed by atoms with Crippen molar-refractivity contribution < 1.29 is 14.3 Å². The third kappa shape index (κ3) is 2.66. The standard InChI is InChI=1S/C13H22N2O3/c1-13(10-4-5-10)12(17)15(7-3-9-18-2)8-6-11(16)14-13/h10H,3-9H2,1-2H3,(H,14,16). The van der Waals surface area contributed by atoms with Crippen LogP contribution in [0.3, 0.4) is 0 Å². The van der Waals surface area contributed by atoms with Crippen molar-refractivity contribution in [3.8, 4) is 0 Å². The molecule has 1 N–H and O–H groups in total. The van der Waals surface area contributed by atoms with Crippen molar-refractivity contribution >= 4 is 11.8 Å². The molecule has 1 unspecified atom stereocenters. The van der Waals surface area contributed by atoms with Crippen molar-refractivity contribution in [2.75, 3.05) is 26.8 Å². The normalized spacial score (nSPS) is 29.1. The second-order valence-corrected chi connectivity index (χ2v) is 5.41. The maximum Gasteiger partial charge on any atom is 0.248 e. The number of carbonyl (C=O) groups is 2. The lowest BCUT2D eigenvalue weighted by atomic mass is 9.94. The second-order valence-electron chi connectivity index (χ2n) is 5.41. The summed E-state index contributed by atoms with van der Waals surface area (Å²) >= 11 is 0. The third-order valence-corrected chi connectivity index (χ3v) is 3.91. The van der Waals surface area contributed by atoms with Gasteiger partial charge in [-0.2, -0.15) is 0 Å². The first kappa shape index (κ1) is 13.3. The summed E-state index contributed by atoms with van der Waals surface area (Å²) in [5, 5.41) is 2.93. The molecule has 1 saturated heterocycles. The van der Waals surface area contributed by atoms with Crippen LogP contribution in [0.1, 0.15) is 32.6 Å². The highest BCUT2D eigenvalue weighted by Gasteiger charge is 2.50. The molecule has 1 heterocycles. The molecule has 1 atom stereocenters. The highest BCUT2D eigenvalue weighted by molar-refractivity contribution is 5.93. The van der Waals surface area contributed by atoms with Gasteiger partial charge >= 0.3 is 0 Å². The molecule has 2 rings (SSSR count). The number of ether oxygens (including phenoxy) is 1. The van der Waals surface area contributed by atoms with Gasteiger partial charge in [-0.15, -0.1) is 0 Å². The second kappa shape index (κ2) is 5.26. The average Bonchev–Trinajstić information content (AvgIpc) is 3.16. The Hall–Kier alpha value is -1.10. The predicted octanol–water partition coefficient (Wildman–Crippen LogP) is 0.540. The van der Waals surface area contributed by atoms with Gasteiger partial charge < -0.3 is 15.0 Å². The molecule has 5 nitrogen and oxygen atoms in total. The van der Waals surface area contributed by atoms with Crippen molar-refractivity contribution in [1.82, 2.24) is 10.2 Å². The van der Waals surface area contributed by atoms with Crippen LogP contribution in [0, 0.1) is 5.92 Å². The fraction of sp³-hybridized carbons (Fsp3) is 0.846. The van der Waals surface area contributed by atoms with Crippen LogP contribution in [0.25, 0.3) is 0 Å². The van der Waals surface area contributed by atoms with Gasteiger partial charge in [0.05, 0.1) is 0 Å². The zero-order valence-corrected chi connectivity index (χ0v) is 11.2. The van der Waals surface area contributed by atoms with Crippen LogP contribution in [-0.4, -0.2) is 49.1 Å². The molecule has 0 aromatic carbocycles. The summed E-state index contributed by atoms with van der Waals surface area (Å²) in [6, 6.07) is 0. The van der Waals surface area contributed by atoms with E-state index in [1.54, 1.807) is 7.11 Å². The Kier molecular flexibility index (Phi) is 3.90. The molecule has 0 bridgehead atoms. The predicted molar refractivity (Wildman–Crippen MR) is 67.0 cm³/mol. The zero-order chi connectivity index (χ0) is 13.2. The molecule has 2 amide bonds. The Labute approximate surface area is 108 Å². The zero-order valence-electron chi connectivity index (χ0n) is 11.2. The number of amides is 2. The smallest absolute Gasteiger partial charge is 0.248 e. The van der Waals surface area contributed by atoms with Gasteiger partial charge in [-0.1, -0.05) is 0 Å². The number of hydrogen-bond donors (Lipinski definition) is 1. The first-order valence-electron chi connectivity index (χ1n) is 6.67. The fourth-order valence-electron chi connectivity index (χ4n) is 2.62. The van der Waals surface area contributed by atoms with E-state index in [9.17, 15) is 9.59 Å². The summed E-state index contributed by atoms with van der Waals surface area (Å²) < 4.78 is 5.01. The first-order valence-corrected chi connectivity index (χ1v) is 6.67. The Bertz CT molecular complexity index is 341. The van der Waals surface area contributed by atoms with E-state index in [-0.39, 0.29) is 11.8 Å². The van der Waals surface area contributed by atoms with Crippen molar-refractivity contribution in [1.29, 1.82) is 0 Å². The monoisotopic (exact) mass is 254 g/mol. The van der Waals surface area contributed by atoms with Gasteiger partial charge in [-0.05, 0) is 32.1 Å². The van der Waals surface area contributed by atoms with Crippen LogP contribution in [0.2, 0.25) is 0 Å². The van der Waals surface area contributed by atoms with E-state index in [1.807, 2.05) is 11.8 Å². The Morgan fingerprint density at radius 3 is 2.78 bits per heavy atom. The number of hydrogen-bond acceptors (Lipinski definition) is 3. The molecule has 5 heteroatoms. The number of carbonyl (C=O) groups excluding carboxylic acids is 2. The van der Waals surface area contributed by atoms with Crippen molar-refractivity contribution in [2.24, 2.45) is 5.92 Å². The van der Waals surface area contributed by atoms with Crippen molar-refractivity contribution in [2.45, 2.75) is 38.1 Å². The third-order valence-electron chi connectivity index (χ3n) is 3.91. The molecule has 0 aromatic heterocycles. The summed E-state index contributed by atoms with van der Waals surface area (Å²) in [6.07, 6.45) is 3.29. The summed E-state index contributed by atoms with van der Waals surface area (Å²) in [5.74, 6) is 0.385. The Morgan fingerprint density at radius 2 is 2.17 bits per heavy atom. The highest BCUT2D eigenvalue weighted by atomic mass is 16.5. The molecule has 0 spiro atoms. The van der Waals surface area contributed by atoms with Crippen LogP contribution in [-0.2, 0) is 14.3 Å². The molecule has 0 radical (unpaired) electrons. The summed E-state index contributed by atoms with van der Waals surface area (Å²) in [7, 11) is 1.66. The van der Waals surface area contributed by atoms with E-state index < -0.39 is 5.54 Å². The first-order chi connectivity index (χ1) is 8.58. The number of nitrogens with zero attached hydrogens (tertiary/aromatic N) is 1. The van der Waals surface area contributed by atoms with Gasteiger partial charge in [0.15, 0.2) is 0 Å². The maximum absolute atomic E-state index is 12.6. The minimum absolute atomic E-state index is 0.00742. The summed E-state index contributed by atoms with van der Waals surface area (Å²) in [5.41, 5.74) is -0.680. The van der Waals surface area contributed by atoms with E-state index in [4.69, 9.17) is 4.74 Å². The van der Waals surface area contributed by atoms with Crippen LogP contribution in [0.5, 0.6) is 0 Å². The Morgan fingerprint density at radius 1 is 1.44 bits per heavy atom. The van der Waals surface area contributed by atoms with E-state index in [2.05, 4.69) is 5.32 Å². The SMILES string of the molecule is COCCCN1CCC(=O)NC(C)(C2CC2)C1=O. The van der Waals surface area contributed by atoms with E-state index in [0.29, 0.717) is 32.0 Å². The molecular weight excluding hydrogens is 232 g/mol. The average molecular weight is 254 g/mol. The topological polar surface area (TPSA) is 58.6 Å². The minimum Gasteiger partial charge on any atom is -0.385 e. The van der Waals surface area contributed by atoms with Crippen LogP contribution in [0.4, 0.5) is 0 Å². The maximum atomic E-state index is 12.6. The van der Waals surface area contributed by atoms with Gasteiger partial charge in [0, 0.05) is 33.2 Å². The summed E-state index contributed by atoms with van der Waals surface area (Å²) in [6.45, 7) is 3.71. The molecular formula is C13H22N2O3. The van der Waals surface area contributed by atoms with Gasteiger partial charge in [0.2, 0.25) is 11.8 Å². The fourth-order valence-corrected chi connectivity index (χ4v) is 2.62. The van der Waals surface area contributed by atoms with E-state index in [0.717, 1.165) is 19.3 Å². The summed E-state index contributed by atoms with van der Waals surface area (Å²) in [4.78, 5) is 26.1. The lowest BCUT2D eigenvalue weighted by molar-refractivity contribution is -0.139. The molecule has 1 aliphatic heterocycles.